The largest absolute Gasteiger partial charge is 0.465 e. The second-order valence-electron chi connectivity index (χ2n) is 7.25. The number of amides is 1. The van der Waals surface area contributed by atoms with E-state index >= 15 is 0 Å². The van der Waals surface area contributed by atoms with Crippen molar-refractivity contribution in [1.82, 2.24) is 4.98 Å². The lowest BCUT2D eigenvalue weighted by molar-refractivity contribution is -0.115. The normalized spacial score (nSPS) is 10.3. The van der Waals surface area contributed by atoms with Gasteiger partial charge in [0.1, 0.15) is 38.4 Å². The number of esters is 2. The van der Waals surface area contributed by atoms with E-state index in [9.17, 15) is 24.9 Å². The van der Waals surface area contributed by atoms with E-state index in [0.29, 0.717) is 21.0 Å². The van der Waals surface area contributed by atoms with E-state index < -0.39 is 17.8 Å². The van der Waals surface area contributed by atoms with Gasteiger partial charge in [0.2, 0.25) is 5.91 Å². The van der Waals surface area contributed by atoms with Gasteiger partial charge in [-0.3, -0.25) is 4.79 Å². The first-order valence-corrected chi connectivity index (χ1v) is 13.4. The average molecular weight is 556 g/mol. The summed E-state index contributed by atoms with van der Waals surface area (Å²) in [6.45, 7) is 3.41. The van der Waals surface area contributed by atoms with E-state index in [4.69, 9.17) is 15.2 Å². The molecule has 0 unspecified atom stereocenters. The summed E-state index contributed by atoms with van der Waals surface area (Å²) in [7, 11) is 1.21. The van der Waals surface area contributed by atoms with Crippen LogP contribution in [-0.4, -0.2) is 42.3 Å². The molecule has 37 heavy (non-hydrogen) atoms. The number of methoxy groups -OCH3 is 1. The van der Waals surface area contributed by atoms with Crippen LogP contribution in [0, 0.1) is 29.6 Å². The summed E-state index contributed by atoms with van der Waals surface area (Å²) in [5, 5.41) is 24.4. The van der Waals surface area contributed by atoms with Gasteiger partial charge in [0.15, 0.2) is 0 Å². The Morgan fingerprint density at radius 2 is 1.95 bits per heavy atom. The summed E-state index contributed by atoms with van der Waals surface area (Å²) in [6.07, 6.45) is -0.00223. The quantitative estimate of drug-likeness (QED) is 0.281. The Morgan fingerprint density at radius 3 is 2.54 bits per heavy atom. The maximum atomic E-state index is 12.7. The monoisotopic (exact) mass is 555 g/mol. The topological polar surface area (TPSA) is 168 Å². The maximum Gasteiger partial charge on any atom is 0.348 e. The van der Waals surface area contributed by atoms with Crippen molar-refractivity contribution in [2.24, 2.45) is 0 Å². The van der Waals surface area contributed by atoms with E-state index in [1.807, 2.05) is 11.4 Å². The summed E-state index contributed by atoms with van der Waals surface area (Å²) in [5.74, 6) is -1.48. The number of aromatic nitrogens is 1. The molecule has 0 radical (unpaired) electrons. The van der Waals surface area contributed by atoms with Gasteiger partial charge in [0, 0.05) is 22.6 Å². The summed E-state index contributed by atoms with van der Waals surface area (Å²) >= 11 is 3.45. The molecule has 1 amide bonds. The zero-order valence-electron chi connectivity index (χ0n) is 20.0. The van der Waals surface area contributed by atoms with Crippen molar-refractivity contribution in [2.45, 2.75) is 25.3 Å². The van der Waals surface area contributed by atoms with E-state index in [2.05, 4.69) is 16.4 Å². The zero-order valence-corrected chi connectivity index (χ0v) is 22.5. The molecule has 190 valence electrons. The molecule has 0 aliphatic heterocycles. The Labute approximate surface area is 225 Å². The van der Waals surface area contributed by atoms with Crippen LogP contribution in [0.1, 0.15) is 50.1 Å². The molecule has 0 bridgehead atoms. The van der Waals surface area contributed by atoms with Crippen LogP contribution in [0.15, 0.2) is 22.5 Å². The zero-order chi connectivity index (χ0) is 27.1. The van der Waals surface area contributed by atoms with Crippen LogP contribution < -0.4 is 11.1 Å². The molecular formula is C24H21N5O5S3. The van der Waals surface area contributed by atoms with Gasteiger partial charge in [0.25, 0.3) is 0 Å². The summed E-state index contributed by atoms with van der Waals surface area (Å²) in [6, 6.07) is 7.72. The van der Waals surface area contributed by atoms with Crippen LogP contribution in [0.3, 0.4) is 0 Å². The van der Waals surface area contributed by atoms with Gasteiger partial charge in [-0.1, -0.05) is 6.07 Å². The Balaban J connectivity index is 1.80. The molecule has 3 heterocycles. The highest BCUT2D eigenvalue weighted by Crippen LogP contribution is 2.38. The number of thiophene rings is 2. The molecule has 0 fully saturated rings. The van der Waals surface area contributed by atoms with Gasteiger partial charge in [-0.15, -0.1) is 34.4 Å². The molecule has 3 aromatic heterocycles. The number of thioether (sulfide) groups is 1. The Kier molecular flexibility index (Phi) is 9.25. The number of hydrogen-bond donors (Lipinski definition) is 2. The molecule has 0 spiro atoms. The predicted octanol–water partition coefficient (Wildman–Crippen LogP) is 4.59. The second kappa shape index (κ2) is 12.4. The van der Waals surface area contributed by atoms with Crippen LogP contribution in [0.4, 0.5) is 10.8 Å². The third kappa shape index (κ3) is 5.91. The minimum atomic E-state index is -0.689. The van der Waals surface area contributed by atoms with Crippen molar-refractivity contribution in [3.63, 3.8) is 0 Å². The van der Waals surface area contributed by atoms with E-state index in [1.165, 1.54) is 18.4 Å². The lowest BCUT2D eigenvalue weighted by atomic mass is 10.0. The number of nitrogens with two attached hydrogens (primary N) is 1. The lowest BCUT2D eigenvalue weighted by Gasteiger charge is -2.11. The summed E-state index contributed by atoms with van der Waals surface area (Å²) in [5.41, 5.74) is 7.21. The number of nitriles is 2. The number of rotatable bonds is 9. The predicted molar refractivity (Wildman–Crippen MR) is 142 cm³/mol. The number of carbonyl (C=O) groups is 3. The van der Waals surface area contributed by atoms with Gasteiger partial charge in [-0.05, 0) is 30.9 Å². The highest BCUT2D eigenvalue weighted by molar-refractivity contribution is 7.99. The van der Waals surface area contributed by atoms with Gasteiger partial charge in [-0.2, -0.15) is 10.5 Å². The molecule has 0 aromatic carbocycles. The summed E-state index contributed by atoms with van der Waals surface area (Å²) < 4.78 is 9.85. The van der Waals surface area contributed by atoms with Crippen molar-refractivity contribution >= 4 is 63.1 Å². The molecule has 10 nitrogen and oxygen atoms in total. The number of hydrogen-bond acceptors (Lipinski definition) is 12. The van der Waals surface area contributed by atoms with Crippen molar-refractivity contribution in [1.29, 1.82) is 10.5 Å². The lowest BCUT2D eigenvalue weighted by Crippen LogP contribution is -2.14. The average Bonchev–Trinajstić information content (AvgIpc) is 3.51. The number of anilines is 2. The fraction of sp³-hybridized carbons (Fsp3) is 0.250. The van der Waals surface area contributed by atoms with Gasteiger partial charge < -0.3 is 20.5 Å². The standard InChI is InChI=1S/C24H21N5O5S3/c1-4-34-24(32)19-12(2)17(23(31)33-3)22(37-19)28-16(30)7-9-36-21-14(11-26)18(15-6-5-8-35-15)13(10-25)20(27)29-21/h5-6,8H,4,7,9H2,1-3H3,(H2,27,29)(H,28,30). The van der Waals surface area contributed by atoms with Crippen LogP contribution in [-0.2, 0) is 14.3 Å². The van der Waals surface area contributed by atoms with Gasteiger partial charge in [-0.25, -0.2) is 14.6 Å². The minimum Gasteiger partial charge on any atom is -0.465 e. The van der Waals surface area contributed by atoms with Crippen molar-refractivity contribution in [2.75, 3.05) is 30.5 Å². The fourth-order valence-electron chi connectivity index (χ4n) is 3.34. The number of nitrogens with zero attached hydrogens (tertiary/aromatic N) is 3. The van der Waals surface area contributed by atoms with E-state index in [0.717, 1.165) is 23.1 Å². The number of nitrogen functional groups attached to an aromatic ring is 1. The fourth-order valence-corrected chi connectivity index (χ4v) is 6.16. The maximum absolute atomic E-state index is 12.7. The Bertz CT molecular complexity index is 1430. The first-order valence-electron chi connectivity index (χ1n) is 10.8. The minimum absolute atomic E-state index is 0.000117. The van der Waals surface area contributed by atoms with Crippen LogP contribution >= 0.6 is 34.4 Å². The first kappa shape index (κ1) is 27.7. The van der Waals surface area contributed by atoms with Crippen molar-refractivity contribution in [3.8, 4) is 22.6 Å². The highest BCUT2D eigenvalue weighted by atomic mass is 32.2. The molecule has 0 atom stereocenters. The van der Waals surface area contributed by atoms with Crippen molar-refractivity contribution in [3.05, 3.63) is 44.6 Å². The molecule has 0 saturated carbocycles. The molecule has 3 aromatic rings. The van der Waals surface area contributed by atoms with Crippen LogP contribution in [0.25, 0.3) is 10.4 Å². The number of ether oxygens (including phenoxy) is 2. The van der Waals surface area contributed by atoms with Crippen LogP contribution in [0.2, 0.25) is 0 Å². The second-order valence-corrected chi connectivity index (χ2v) is 10.3. The SMILES string of the molecule is CCOC(=O)c1sc(NC(=O)CCSc2nc(N)c(C#N)c(-c3cccs3)c2C#N)c(C(=O)OC)c1C. The number of pyridine rings is 1. The molecule has 3 N–H and O–H groups in total. The van der Waals surface area contributed by atoms with Crippen molar-refractivity contribution < 1.29 is 23.9 Å². The third-order valence-corrected chi connectivity index (χ3v) is 8.05. The third-order valence-electron chi connectivity index (χ3n) is 5.00. The molecule has 0 saturated heterocycles. The molecule has 0 aliphatic rings. The van der Waals surface area contributed by atoms with Gasteiger partial charge >= 0.3 is 11.9 Å². The number of carbonyl (C=O) groups excluding carboxylic acids is 3. The van der Waals surface area contributed by atoms with Crippen LogP contribution in [0.5, 0.6) is 0 Å². The molecular weight excluding hydrogens is 534 g/mol. The number of nitrogens with one attached hydrogen (secondary N) is 1. The van der Waals surface area contributed by atoms with Gasteiger partial charge in [0.05, 0.1) is 24.8 Å². The van der Waals surface area contributed by atoms with E-state index in [-0.39, 0.29) is 51.2 Å². The Morgan fingerprint density at radius 1 is 1.22 bits per heavy atom. The highest BCUT2D eigenvalue weighted by Gasteiger charge is 2.27. The first-order chi connectivity index (χ1) is 17.8. The summed E-state index contributed by atoms with van der Waals surface area (Å²) in [4.78, 5) is 42.4. The smallest absolute Gasteiger partial charge is 0.348 e. The molecule has 3 rings (SSSR count). The van der Waals surface area contributed by atoms with E-state index in [1.54, 1.807) is 26.0 Å². The molecule has 13 heteroatoms. The Hall–Kier alpha value is -3.91. The molecule has 0 aliphatic carbocycles.